The largest absolute Gasteiger partial charge is 0.462 e. The lowest BCUT2D eigenvalue weighted by molar-refractivity contribution is 0.0526. The minimum absolute atomic E-state index is 0.318. The molecule has 0 saturated carbocycles. The van der Waals surface area contributed by atoms with Gasteiger partial charge in [-0.25, -0.2) is 4.79 Å². The van der Waals surface area contributed by atoms with Crippen molar-refractivity contribution in [1.82, 2.24) is 4.98 Å². The van der Waals surface area contributed by atoms with E-state index in [2.05, 4.69) is 4.98 Å². The van der Waals surface area contributed by atoms with Crippen molar-refractivity contribution in [3.8, 4) is 0 Å². The Bertz CT molecular complexity index is 623. The standard InChI is InChI=1S/C14H14ClNO2/c1-4-18-14(17)10-7-16-11-6-8(2)5-9(3)12(11)13(10)15/h5-7H,4H2,1-3H3. The lowest BCUT2D eigenvalue weighted by Crippen LogP contribution is -2.06. The molecule has 0 atom stereocenters. The van der Waals surface area contributed by atoms with Crippen LogP contribution in [-0.2, 0) is 4.74 Å². The van der Waals surface area contributed by atoms with E-state index < -0.39 is 5.97 Å². The van der Waals surface area contributed by atoms with Crippen molar-refractivity contribution in [2.75, 3.05) is 6.61 Å². The number of rotatable bonds is 2. The van der Waals surface area contributed by atoms with E-state index in [4.69, 9.17) is 16.3 Å². The second-order valence-electron chi connectivity index (χ2n) is 4.18. The number of halogens is 1. The van der Waals surface area contributed by atoms with Gasteiger partial charge in [0.1, 0.15) is 0 Å². The Morgan fingerprint density at radius 2 is 2.11 bits per heavy atom. The van der Waals surface area contributed by atoms with Crippen LogP contribution in [0.5, 0.6) is 0 Å². The fraction of sp³-hybridized carbons (Fsp3) is 0.286. The number of carbonyl (C=O) groups is 1. The van der Waals surface area contributed by atoms with Crippen molar-refractivity contribution in [2.24, 2.45) is 0 Å². The number of esters is 1. The summed E-state index contributed by atoms with van der Waals surface area (Å²) in [6.07, 6.45) is 1.47. The molecule has 0 fully saturated rings. The Labute approximate surface area is 111 Å². The maximum absolute atomic E-state index is 11.7. The summed E-state index contributed by atoms with van der Waals surface area (Å²) in [6, 6.07) is 3.97. The van der Waals surface area contributed by atoms with Crippen LogP contribution in [0.15, 0.2) is 18.3 Å². The monoisotopic (exact) mass is 263 g/mol. The van der Waals surface area contributed by atoms with Gasteiger partial charge in [-0.1, -0.05) is 17.7 Å². The van der Waals surface area contributed by atoms with Gasteiger partial charge < -0.3 is 4.74 Å². The summed E-state index contributed by atoms with van der Waals surface area (Å²) in [7, 11) is 0. The van der Waals surface area contributed by atoms with Gasteiger partial charge in [0.15, 0.2) is 0 Å². The van der Waals surface area contributed by atoms with Gasteiger partial charge in [-0.3, -0.25) is 4.98 Å². The number of carbonyl (C=O) groups excluding carboxylic acids is 1. The van der Waals surface area contributed by atoms with Crippen LogP contribution in [0.3, 0.4) is 0 Å². The van der Waals surface area contributed by atoms with Crippen molar-refractivity contribution in [1.29, 1.82) is 0 Å². The first-order valence-corrected chi connectivity index (χ1v) is 6.15. The topological polar surface area (TPSA) is 39.2 Å². The molecule has 1 heterocycles. The van der Waals surface area contributed by atoms with Crippen LogP contribution < -0.4 is 0 Å². The van der Waals surface area contributed by atoms with Crippen molar-refractivity contribution in [3.05, 3.63) is 40.0 Å². The Morgan fingerprint density at radius 1 is 1.39 bits per heavy atom. The highest BCUT2D eigenvalue weighted by molar-refractivity contribution is 6.38. The van der Waals surface area contributed by atoms with Crippen molar-refractivity contribution >= 4 is 28.5 Å². The molecule has 18 heavy (non-hydrogen) atoms. The van der Waals surface area contributed by atoms with E-state index in [1.54, 1.807) is 6.92 Å². The fourth-order valence-electron chi connectivity index (χ4n) is 2.01. The second-order valence-corrected chi connectivity index (χ2v) is 4.56. The number of aryl methyl sites for hydroxylation is 2. The van der Waals surface area contributed by atoms with Crippen molar-refractivity contribution < 1.29 is 9.53 Å². The molecule has 0 radical (unpaired) electrons. The molecule has 1 aromatic heterocycles. The Morgan fingerprint density at radius 3 is 2.78 bits per heavy atom. The smallest absolute Gasteiger partial charge is 0.341 e. The number of hydrogen-bond donors (Lipinski definition) is 0. The number of pyridine rings is 1. The molecule has 94 valence electrons. The molecule has 4 heteroatoms. The first kappa shape index (κ1) is 12.8. The predicted octanol–water partition coefficient (Wildman–Crippen LogP) is 3.68. The molecule has 0 aliphatic carbocycles. The Hall–Kier alpha value is -1.61. The van der Waals surface area contributed by atoms with Crippen LogP contribution in [-0.4, -0.2) is 17.6 Å². The van der Waals surface area contributed by atoms with Crippen LogP contribution in [0.1, 0.15) is 28.4 Å². The van der Waals surface area contributed by atoms with E-state index in [1.165, 1.54) is 6.20 Å². The molecule has 2 aromatic rings. The minimum atomic E-state index is -0.433. The van der Waals surface area contributed by atoms with E-state index in [-0.39, 0.29) is 0 Å². The van der Waals surface area contributed by atoms with Gasteiger partial charge in [-0.15, -0.1) is 0 Å². The molecular formula is C14H14ClNO2. The summed E-state index contributed by atoms with van der Waals surface area (Å²) in [5.41, 5.74) is 3.24. The highest BCUT2D eigenvalue weighted by atomic mass is 35.5. The molecule has 0 amide bonds. The number of nitrogens with zero attached hydrogens (tertiary/aromatic N) is 1. The first-order chi connectivity index (χ1) is 8.54. The van der Waals surface area contributed by atoms with Crippen molar-refractivity contribution in [3.63, 3.8) is 0 Å². The van der Waals surface area contributed by atoms with Gasteiger partial charge >= 0.3 is 5.97 Å². The summed E-state index contributed by atoms with van der Waals surface area (Å²) in [5.74, 6) is -0.433. The third kappa shape index (κ3) is 2.18. The van der Waals surface area contributed by atoms with Gasteiger partial charge in [0.2, 0.25) is 0 Å². The zero-order chi connectivity index (χ0) is 13.3. The minimum Gasteiger partial charge on any atom is -0.462 e. The van der Waals surface area contributed by atoms with Crippen molar-refractivity contribution in [2.45, 2.75) is 20.8 Å². The molecule has 0 saturated heterocycles. The van der Waals surface area contributed by atoms with Crippen LogP contribution >= 0.6 is 11.6 Å². The maximum Gasteiger partial charge on any atom is 0.341 e. The third-order valence-electron chi connectivity index (χ3n) is 2.74. The number of fused-ring (bicyclic) bond motifs is 1. The number of aromatic nitrogens is 1. The lowest BCUT2D eigenvalue weighted by Gasteiger charge is -2.09. The normalized spacial score (nSPS) is 10.7. The average Bonchev–Trinajstić information content (AvgIpc) is 2.28. The molecule has 0 spiro atoms. The molecule has 0 bridgehead atoms. The van der Waals surface area contributed by atoms with E-state index in [0.717, 1.165) is 22.0 Å². The van der Waals surface area contributed by atoms with Gasteiger partial charge in [0.25, 0.3) is 0 Å². The van der Waals surface area contributed by atoms with E-state index >= 15 is 0 Å². The van der Waals surface area contributed by atoms with Gasteiger partial charge in [0.05, 0.1) is 22.7 Å². The molecule has 0 N–H and O–H groups in total. The molecule has 2 rings (SSSR count). The highest BCUT2D eigenvalue weighted by Gasteiger charge is 2.16. The fourth-order valence-corrected chi connectivity index (χ4v) is 2.38. The number of hydrogen-bond acceptors (Lipinski definition) is 3. The van der Waals surface area contributed by atoms with Crippen LogP contribution in [0.4, 0.5) is 0 Å². The molecular weight excluding hydrogens is 250 g/mol. The molecule has 0 aliphatic heterocycles. The summed E-state index contributed by atoms with van der Waals surface area (Å²) in [4.78, 5) is 16.0. The lowest BCUT2D eigenvalue weighted by atomic mass is 10.0. The first-order valence-electron chi connectivity index (χ1n) is 5.77. The SMILES string of the molecule is CCOC(=O)c1cnc2cc(C)cc(C)c2c1Cl. The second kappa shape index (κ2) is 4.94. The van der Waals surface area contributed by atoms with Gasteiger partial charge in [0, 0.05) is 11.6 Å². The van der Waals surface area contributed by atoms with Crippen LogP contribution in [0, 0.1) is 13.8 Å². The molecule has 0 aliphatic rings. The predicted molar refractivity (Wildman–Crippen MR) is 72.2 cm³/mol. The Balaban J connectivity index is 2.67. The number of ether oxygens (including phenoxy) is 1. The zero-order valence-electron chi connectivity index (χ0n) is 10.6. The molecule has 3 nitrogen and oxygen atoms in total. The highest BCUT2D eigenvalue weighted by Crippen LogP contribution is 2.29. The van der Waals surface area contributed by atoms with Gasteiger partial charge in [-0.05, 0) is 38.0 Å². The maximum atomic E-state index is 11.7. The summed E-state index contributed by atoms with van der Waals surface area (Å²) >= 11 is 6.29. The number of benzene rings is 1. The van der Waals surface area contributed by atoms with E-state index in [0.29, 0.717) is 17.2 Å². The van der Waals surface area contributed by atoms with E-state index in [1.807, 2.05) is 26.0 Å². The molecule has 0 unspecified atom stereocenters. The summed E-state index contributed by atoms with van der Waals surface area (Å²) in [6.45, 7) is 6.04. The average molecular weight is 264 g/mol. The zero-order valence-corrected chi connectivity index (χ0v) is 11.3. The third-order valence-corrected chi connectivity index (χ3v) is 3.14. The van der Waals surface area contributed by atoms with E-state index in [9.17, 15) is 4.79 Å². The summed E-state index contributed by atoms with van der Waals surface area (Å²) < 4.78 is 4.96. The van der Waals surface area contributed by atoms with Gasteiger partial charge in [-0.2, -0.15) is 0 Å². The quantitative estimate of drug-likeness (QED) is 0.776. The molecule has 1 aromatic carbocycles. The Kier molecular flexibility index (Phi) is 3.53. The summed E-state index contributed by atoms with van der Waals surface area (Å²) in [5, 5.41) is 1.23. The van der Waals surface area contributed by atoms with Crippen LogP contribution in [0.2, 0.25) is 5.02 Å². The van der Waals surface area contributed by atoms with Crippen LogP contribution in [0.25, 0.3) is 10.9 Å².